The van der Waals surface area contributed by atoms with Gasteiger partial charge in [-0.3, -0.25) is 4.79 Å². The lowest BCUT2D eigenvalue weighted by atomic mass is 10.1. The minimum atomic E-state index is 0.137. The molecular weight excluding hydrogens is 314 g/mol. The van der Waals surface area contributed by atoms with Crippen LogP contribution >= 0.6 is 27.5 Å². The molecule has 1 saturated heterocycles. The summed E-state index contributed by atoms with van der Waals surface area (Å²) in [5, 5.41) is 0.535. The molecule has 0 bridgehead atoms. The topological polar surface area (TPSA) is 20.3 Å². The molecule has 2 nitrogen and oxygen atoms in total. The Balaban J connectivity index is 1.90. The first-order valence-electron chi connectivity index (χ1n) is 6.37. The van der Waals surface area contributed by atoms with Crippen LogP contribution in [-0.2, 0) is 0 Å². The van der Waals surface area contributed by atoms with E-state index in [1.807, 2.05) is 6.07 Å². The Hall–Kier alpha value is -0.380. The first-order chi connectivity index (χ1) is 8.66. The van der Waals surface area contributed by atoms with Crippen molar-refractivity contribution in [3.8, 4) is 0 Å². The van der Waals surface area contributed by atoms with Crippen LogP contribution in [0.4, 0.5) is 0 Å². The molecule has 0 radical (unpaired) electrons. The fourth-order valence-corrected chi connectivity index (χ4v) is 3.07. The van der Waals surface area contributed by atoms with Crippen LogP contribution in [0.25, 0.3) is 0 Å². The highest BCUT2D eigenvalue weighted by Gasteiger charge is 2.14. The zero-order valence-corrected chi connectivity index (χ0v) is 12.6. The number of hydrogen-bond acceptors (Lipinski definition) is 2. The molecule has 1 aliphatic rings. The third-order valence-electron chi connectivity index (χ3n) is 3.34. The predicted octanol–water partition coefficient (Wildman–Crippen LogP) is 4.16. The molecule has 1 heterocycles. The normalized spacial score (nSPS) is 16.8. The van der Waals surface area contributed by atoms with E-state index in [1.165, 1.54) is 19.3 Å². The molecule has 18 heavy (non-hydrogen) atoms. The van der Waals surface area contributed by atoms with E-state index in [0.717, 1.165) is 24.1 Å². The maximum absolute atomic E-state index is 12.1. The zero-order valence-electron chi connectivity index (χ0n) is 10.3. The Morgan fingerprint density at radius 3 is 2.67 bits per heavy atom. The van der Waals surface area contributed by atoms with Crippen molar-refractivity contribution in [2.45, 2.75) is 25.7 Å². The first kappa shape index (κ1) is 14.0. The van der Waals surface area contributed by atoms with E-state index in [1.54, 1.807) is 12.1 Å². The summed E-state index contributed by atoms with van der Waals surface area (Å²) in [6, 6.07) is 5.43. The van der Waals surface area contributed by atoms with Gasteiger partial charge in [0.1, 0.15) is 0 Å². The summed E-state index contributed by atoms with van der Waals surface area (Å²) in [6.45, 7) is 3.11. The molecule has 1 aromatic rings. The van der Waals surface area contributed by atoms with Gasteiger partial charge in [-0.2, -0.15) is 0 Å². The highest BCUT2D eigenvalue weighted by Crippen LogP contribution is 2.22. The number of carbonyl (C=O) groups excluding carboxylic acids is 1. The number of likely N-dealkylation sites (tertiary alicyclic amines) is 1. The molecule has 98 valence electrons. The first-order valence-corrected chi connectivity index (χ1v) is 7.54. The summed E-state index contributed by atoms with van der Waals surface area (Å²) in [5.74, 6) is 0.137. The van der Waals surface area contributed by atoms with Gasteiger partial charge in [-0.15, -0.1) is 0 Å². The third-order valence-corrected chi connectivity index (χ3v) is 4.14. The summed E-state index contributed by atoms with van der Waals surface area (Å²) in [6.07, 6.45) is 4.39. The van der Waals surface area contributed by atoms with Crippen LogP contribution in [0, 0.1) is 0 Å². The lowest BCUT2D eigenvalue weighted by molar-refractivity contribution is 0.0959. The molecule has 0 amide bonds. The molecule has 0 unspecified atom stereocenters. The summed E-state index contributed by atoms with van der Waals surface area (Å²) in [4.78, 5) is 14.5. The molecule has 1 aliphatic heterocycles. The molecule has 0 saturated carbocycles. The van der Waals surface area contributed by atoms with Gasteiger partial charge in [-0.05, 0) is 44.1 Å². The molecule has 0 aliphatic carbocycles. The molecule has 4 heteroatoms. The number of carbonyl (C=O) groups is 1. The number of halogens is 2. The van der Waals surface area contributed by atoms with Gasteiger partial charge >= 0.3 is 0 Å². The number of benzene rings is 1. The molecule has 1 aromatic carbocycles. The van der Waals surface area contributed by atoms with Crippen LogP contribution in [0.5, 0.6) is 0 Å². The van der Waals surface area contributed by atoms with Gasteiger partial charge in [0.25, 0.3) is 0 Å². The van der Waals surface area contributed by atoms with Crippen molar-refractivity contribution in [3.63, 3.8) is 0 Å². The monoisotopic (exact) mass is 329 g/mol. The van der Waals surface area contributed by atoms with Gasteiger partial charge in [0, 0.05) is 23.0 Å². The van der Waals surface area contributed by atoms with E-state index in [2.05, 4.69) is 20.8 Å². The van der Waals surface area contributed by atoms with Crippen LogP contribution in [0.2, 0.25) is 5.02 Å². The number of piperidine rings is 1. The number of ketones is 1. The fraction of sp³-hybridized carbons (Fsp3) is 0.500. The van der Waals surface area contributed by atoms with Crippen LogP contribution in [0.1, 0.15) is 36.0 Å². The quantitative estimate of drug-likeness (QED) is 0.773. The number of Topliss-reactive ketones (excluding diaryl/α,β-unsaturated/α-hetero) is 1. The average Bonchev–Trinajstić information content (AvgIpc) is 2.37. The number of nitrogens with zero attached hydrogens (tertiary/aromatic N) is 1. The lowest BCUT2D eigenvalue weighted by Gasteiger charge is -2.25. The second-order valence-corrected chi connectivity index (χ2v) is 6.02. The minimum Gasteiger partial charge on any atom is -0.303 e. The number of rotatable bonds is 4. The lowest BCUT2D eigenvalue weighted by Crippen LogP contribution is -2.31. The van der Waals surface area contributed by atoms with Gasteiger partial charge in [-0.1, -0.05) is 34.0 Å². The van der Waals surface area contributed by atoms with E-state index >= 15 is 0 Å². The summed E-state index contributed by atoms with van der Waals surface area (Å²) < 4.78 is 0.903. The van der Waals surface area contributed by atoms with E-state index in [-0.39, 0.29) is 5.78 Å². The summed E-state index contributed by atoms with van der Waals surface area (Å²) >= 11 is 9.42. The Morgan fingerprint density at radius 1 is 1.28 bits per heavy atom. The molecule has 0 N–H and O–H groups in total. The smallest absolute Gasteiger partial charge is 0.165 e. The second-order valence-electron chi connectivity index (χ2n) is 4.70. The molecule has 1 fully saturated rings. The van der Waals surface area contributed by atoms with Gasteiger partial charge in [0.15, 0.2) is 5.78 Å². The van der Waals surface area contributed by atoms with Gasteiger partial charge in [0.05, 0.1) is 5.02 Å². The average molecular weight is 331 g/mol. The van der Waals surface area contributed by atoms with Gasteiger partial charge in [0.2, 0.25) is 0 Å². The van der Waals surface area contributed by atoms with Gasteiger partial charge in [-0.25, -0.2) is 0 Å². The highest BCUT2D eigenvalue weighted by atomic mass is 79.9. The van der Waals surface area contributed by atoms with E-state index < -0.39 is 0 Å². The van der Waals surface area contributed by atoms with Gasteiger partial charge < -0.3 is 4.90 Å². The number of hydrogen-bond donors (Lipinski definition) is 0. The Bertz CT molecular complexity index is 430. The van der Waals surface area contributed by atoms with E-state index in [4.69, 9.17) is 11.6 Å². The van der Waals surface area contributed by atoms with Crippen LogP contribution < -0.4 is 0 Å². The van der Waals surface area contributed by atoms with Crippen molar-refractivity contribution < 1.29 is 4.79 Å². The largest absolute Gasteiger partial charge is 0.303 e. The van der Waals surface area contributed by atoms with Crippen LogP contribution in [0.3, 0.4) is 0 Å². The molecule has 0 atom stereocenters. The van der Waals surface area contributed by atoms with Crippen molar-refractivity contribution in [1.82, 2.24) is 4.90 Å². The van der Waals surface area contributed by atoms with E-state index in [9.17, 15) is 4.79 Å². The predicted molar refractivity (Wildman–Crippen MR) is 78.4 cm³/mol. The van der Waals surface area contributed by atoms with Crippen LogP contribution in [0.15, 0.2) is 22.7 Å². The van der Waals surface area contributed by atoms with Crippen LogP contribution in [-0.4, -0.2) is 30.3 Å². The van der Waals surface area contributed by atoms with Crippen molar-refractivity contribution in [2.24, 2.45) is 0 Å². The van der Waals surface area contributed by atoms with E-state index in [0.29, 0.717) is 17.0 Å². The summed E-state index contributed by atoms with van der Waals surface area (Å²) in [7, 11) is 0. The van der Waals surface area contributed by atoms with Crippen molar-refractivity contribution in [1.29, 1.82) is 0 Å². The zero-order chi connectivity index (χ0) is 13.0. The molecular formula is C14H17BrClNO. The molecule has 2 rings (SSSR count). The highest BCUT2D eigenvalue weighted by molar-refractivity contribution is 9.10. The van der Waals surface area contributed by atoms with Crippen molar-refractivity contribution >= 4 is 33.3 Å². The Morgan fingerprint density at radius 2 is 2.00 bits per heavy atom. The van der Waals surface area contributed by atoms with Crippen molar-refractivity contribution in [3.05, 3.63) is 33.3 Å². The summed E-state index contributed by atoms with van der Waals surface area (Å²) in [5.41, 5.74) is 0.636. The Labute approximate surface area is 121 Å². The molecule has 0 aromatic heterocycles. The third kappa shape index (κ3) is 3.81. The maximum atomic E-state index is 12.1. The second kappa shape index (κ2) is 6.69. The fourth-order valence-electron chi connectivity index (χ4n) is 2.29. The Kier molecular flexibility index (Phi) is 5.22. The minimum absolute atomic E-state index is 0.137. The molecule has 0 spiro atoms. The SMILES string of the molecule is O=C(CCN1CCCCC1)c1ccc(Br)cc1Cl. The standard InChI is InChI=1S/C14H17BrClNO/c15-11-4-5-12(13(16)10-11)14(18)6-9-17-7-2-1-3-8-17/h4-5,10H,1-3,6-9H2. The maximum Gasteiger partial charge on any atom is 0.165 e. The van der Waals surface area contributed by atoms with Crippen molar-refractivity contribution in [2.75, 3.05) is 19.6 Å².